The van der Waals surface area contributed by atoms with E-state index < -0.39 is 0 Å². The first-order chi connectivity index (χ1) is 10.0. The molecule has 0 aliphatic rings. The fourth-order valence-electron chi connectivity index (χ4n) is 1.49. The Balaban J connectivity index is 2.34. The fraction of sp³-hybridized carbons (Fsp3) is 0.167. The topological polar surface area (TPSA) is 82.3 Å². The van der Waals surface area contributed by atoms with Gasteiger partial charge in [-0.3, -0.25) is 0 Å². The summed E-state index contributed by atoms with van der Waals surface area (Å²) >= 11 is 15.4. The van der Waals surface area contributed by atoms with E-state index in [9.17, 15) is 0 Å². The standard InChI is InChI=1S/C12H11BrCl2N4O2/c1-20-5-11-17-10(19-16)4-12(18-11)21-9-3-7(14)6(13)2-8(9)15/h2-4H,5,16H2,1H3,(H,17,18,19). The Morgan fingerprint density at radius 2 is 2.00 bits per heavy atom. The van der Waals surface area contributed by atoms with Gasteiger partial charge in [-0.15, -0.1) is 0 Å². The third kappa shape index (κ3) is 4.18. The highest BCUT2D eigenvalue weighted by Crippen LogP contribution is 2.36. The lowest BCUT2D eigenvalue weighted by atomic mass is 10.3. The molecule has 0 amide bonds. The first-order valence-electron chi connectivity index (χ1n) is 5.69. The second-order valence-corrected chi connectivity index (χ2v) is 5.55. The molecule has 0 saturated heterocycles. The Morgan fingerprint density at radius 1 is 1.24 bits per heavy atom. The number of anilines is 1. The molecule has 0 atom stereocenters. The number of nitrogen functional groups attached to an aromatic ring is 1. The molecule has 2 aromatic rings. The molecular formula is C12H11BrCl2N4O2. The molecule has 0 aliphatic heterocycles. The summed E-state index contributed by atoms with van der Waals surface area (Å²) in [5, 5.41) is 0.859. The molecule has 0 aliphatic carbocycles. The molecule has 9 heteroatoms. The number of nitrogens with two attached hydrogens (primary N) is 1. The highest BCUT2D eigenvalue weighted by atomic mass is 79.9. The molecular weight excluding hydrogens is 383 g/mol. The maximum absolute atomic E-state index is 6.10. The zero-order chi connectivity index (χ0) is 15.4. The summed E-state index contributed by atoms with van der Waals surface area (Å²) in [4.78, 5) is 8.31. The van der Waals surface area contributed by atoms with Gasteiger partial charge in [0.05, 0.1) is 10.0 Å². The van der Waals surface area contributed by atoms with Crippen molar-refractivity contribution in [3.63, 3.8) is 0 Å². The minimum Gasteiger partial charge on any atom is -0.437 e. The molecule has 6 nitrogen and oxygen atoms in total. The molecule has 1 heterocycles. The minimum atomic E-state index is 0.223. The molecule has 1 aromatic heterocycles. The normalized spacial score (nSPS) is 10.5. The van der Waals surface area contributed by atoms with E-state index in [1.165, 1.54) is 13.2 Å². The van der Waals surface area contributed by atoms with Crippen molar-refractivity contribution in [2.45, 2.75) is 6.61 Å². The molecule has 112 valence electrons. The fourth-order valence-corrected chi connectivity index (χ4v) is 2.32. The van der Waals surface area contributed by atoms with E-state index >= 15 is 0 Å². The Kier molecular flexibility index (Phi) is 5.60. The van der Waals surface area contributed by atoms with Crippen molar-refractivity contribution >= 4 is 44.9 Å². The van der Waals surface area contributed by atoms with Gasteiger partial charge in [-0.2, -0.15) is 4.98 Å². The number of hydrazine groups is 1. The van der Waals surface area contributed by atoms with Gasteiger partial charge in [-0.05, 0) is 22.0 Å². The summed E-state index contributed by atoms with van der Waals surface area (Å²) in [5.74, 6) is 6.81. The van der Waals surface area contributed by atoms with Gasteiger partial charge in [-0.25, -0.2) is 10.8 Å². The zero-order valence-corrected chi connectivity index (χ0v) is 14.0. The van der Waals surface area contributed by atoms with Crippen LogP contribution in [0.1, 0.15) is 5.82 Å². The van der Waals surface area contributed by atoms with Gasteiger partial charge >= 0.3 is 0 Å². The Bertz CT molecular complexity index is 657. The van der Waals surface area contributed by atoms with E-state index in [1.807, 2.05) is 0 Å². The van der Waals surface area contributed by atoms with Crippen LogP contribution in [0.5, 0.6) is 11.6 Å². The van der Waals surface area contributed by atoms with E-state index in [0.29, 0.717) is 31.9 Å². The summed E-state index contributed by atoms with van der Waals surface area (Å²) in [5.41, 5.74) is 2.43. The van der Waals surface area contributed by atoms with Crippen molar-refractivity contribution in [1.82, 2.24) is 9.97 Å². The number of nitrogens with one attached hydrogen (secondary N) is 1. The van der Waals surface area contributed by atoms with Gasteiger partial charge in [0, 0.05) is 23.7 Å². The molecule has 0 radical (unpaired) electrons. The Morgan fingerprint density at radius 3 is 2.67 bits per heavy atom. The summed E-state index contributed by atoms with van der Waals surface area (Å²) < 4.78 is 11.3. The Labute approximate surface area is 139 Å². The summed E-state index contributed by atoms with van der Waals surface area (Å²) in [6.07, 6.45) is 0. The molecule has 0 saturated carbocycles. The van der Waals surface area contributed by atoms with Gasteiger partial charge in [0.15, 0.2) is 5.82 Å². The maximum Gasteiger partial charge on any atom is 0.224 e. The predicted molar refractivity (Wildman–Crippen MR) is 84.8 cm³/mol. The lowest BCUT2D eigenvalue weighted by molar-refractivity contribution is 0.177. The number of nitrogens with zero attached hydrogens (tertiary/aromatic N) is 2. The van der Waals surface area contributed by atoms with Crippen LogP contribution in [0, 0.1) is 0 Å². The molecule has 21 heavy (non-hydrogen) atoms. The van der Waals surface area contributed by atoms with Crippen LogP contribution >= 0.6 is 39.1 Å². The molecule has 0 bridgehead atoms. The first kappa shape index (κ1) is 16.3. The van der Waals surface area contributed by atoms with Crippen LogP contribution in [-0.2, 0) is 11.3 Å². The average molecular weight is 394 g/mol. The molecule has 0 fully saturated rings. The van der Waals surface area contributed by atoms with Crippen molar-refractivity contribution in [1.29, 1.82) is 0 Å². The van der Waals surface area contributed by atoms with E-state index in [4.69, 9.17) is 38.5 Å². The monoisotopic (exact) mass is 392 g/mol. The molecule has 0 unspecified atom stereocenters. The number of methoxy groups -OCH3 is 1. The number of benzene rings is 1. The lowest BCUT2D eigenvalue weighted by Crippen LogP contribution is -2.11. The van der Waals surface area contributed by atoms with Crippen LogP contribution in [0.2, 0.25) is 10.0 Å². The van der Waals surface area contributed by atoms with E-state index in [-0.39, 0.29) is 12.5 Å². The molecule has 1 aromatic carbocycles. The number of hydrogen-bond donors (Lipinski definition) is 2. The second-order valence-electron chi connectivity index (χ2n) is 3.88. The van der Waals surface area contributed by atoms with Crippen LogP contribution in [0.3, 0.4) is 0 Å². The lowest BCUT2D eigenvalue weighted by Gasteiger charge is -2.10. The minimum absolute atomic E-state index is 0.223. The highest BCUT2D eigenvalue weighted by molar-refractivity contribution is 9.10. The van der Waals surface area contributed by atoms with E-state index in [0.717, 1.165) is 0 Å². The van der Waals surface area contributed by atoms with Crippen LogP contribution in [-0.4, -0.2) is 17.1 Å². The van der Waals surface area contributed by atoms with E-state index in [2.05, 4.69) is 31.3 Å². The number of rotatable bonds is 5. The summed E-state index contributed by atoms with van der Waals surface area (Å²) in [6, 6.07) is 4.76. The molecule has 0 spiro atoms. The van der Waals surface area contributed by atoms with E-state index in [1.54, 1.807) is 12.1 Å². The largest absolute Gasteiger partial charge is 0.437 e. The van der Waals surface area contributed by atoms with Crippen molar-refractivity contribution < 1.29 is 9.47 Å². The van der Waals surface area contributed by atoms with Crippen LogP contribution in [0.15, 0.2) is 22.7 Å². The van der Waals surface area contributed by atoms with Crippen molar-refractivity contribution in [2.24, 2.45) is 5.84 Å². The molecule has 2 rings (SSSR count). The number of aromatic nitrogens is 2. The van der Waals surface area contributed by atoms with Crippen LogP contribution < -0.4 is 16.0 Å². The van der Waals surface area contributed by atoms with Gasteiger partial charge in [0.2, 0.25) is 5.88 Å². The summed E-state index contributed by atoms with van der Waals surface area (Å²) in [6.45, 7) is 0.223. The Hall–Kier alpha value is -1.12. The van der Waals surface area contributed by atoms with Crippen LogP contribution in [0.25, 0.3) is 0 Å². The summed E-state index contributed by atoms with van der Waals surface area (Å²) in [7, 11) is 1.54. The third-order valence-corrected chi connectivity index (χ3v) is 3.85. The number of hydrogen-bond acceptors (Lipinski definition) is 6. The van der Waals surface area contributed by atoms with Crippen molar-refractivity contribution in [3.05, 3.63) is 38.5 Å². The zero-order valence-electron chi connectivity index (χ0n) is 10.9. The van der Waals surface area contributed by atoms with Crippen molar-refractivity contribution in [3.8, 4) is 11.6 Å². The maximum atomic E-state index is 6.10. The van der Waals surface area contributed by atoms with Gasteiger partial charge in [-0.1, -0.05) is 23.2 Å². The van der Waals surface area contributed by atoms with Crippen LogP contribution in [0.4, 0.5) is 5.82 Å². The van der Waals surface area contributed by atoms with Gasteiger partial charge in [0.25, 0.3) is 0 Å². The predicted octanol–water partition coefficient (Wildman–Crippen LogP) is 3.77. The second kappa shape index (κ2) is 7.24. The average Bonchev–Trinajstić information content (AvgIpc) is 2.45. The van der Waals surface area contributed by atoms with Crippen molar-refractivity contribution in [2.75, 3.05) is 12.5 Å². The smallest absolute Gasteiger partial charge is 0.224 e. The SMILES string of the molecule is COCc1nc(NN)cc(Oc2cc(Cl)c(Br)cc2Cl)n1. The highest BCUT2D eigenvalue weighted by Gasteiger charge is 2.11. The number of ether oxygens (including phenoxy) is 2. The van der Waals surface area contributed by atoms with Gasteiger partial charge in [0.1, 0.15) is 18.2 Å². The first-order valence-corrected chi connectivity index (χ1v) is 7.24. The molecule has 3 N–H and O–H groups in total. The third-order valence-electron chi connectivity index (χ3n) is 2.36. The van der Waals surface area contributed by atoms with Gasteiger partial charge < -0.3 is 14.9 Å². The quantitative estimate of drug-likeness (QED) is 0.457. The number of halogens is 3.